The highest BCUT2D eigenvalue weighted by Gasteiger charge is 2.33. The number of aromatic nitrogens is 1. The molecule has 4 rings (SSSR count). The molecule has 1 N–H and O–H groups in total. The molecule has 1 aliphatic heterocycles. The molecule has 1 atom stereocenters. The largest absolute Gasteiger partial charge is 0.504 e. The van der Waals surface area contributed by atoms with Gasteiger partial charge < -0.3 is 14.6 Å². The second-order valence-electron chi connectivity index (χ2n) is 7.50. The lowest BCUT2D eigenvalue weighted by Gasteiger charge is -2.24. The Labute approximate surface area is 213 Å². The second-order valence-corrected chi connectivity index (χ2v) is 9.67. The van der Waals surface area contributed by atoms with Crippen molar-refractivity contribution in [2.75, 3.05) is 13.2 Å². The van der Waals surface area contributed by atoms with Crippen molar-refractivity contribution in [3.05, 3.63) is 88.1 Å². The van der Waals surface area contributed by atoms with Crippen molar-refractivity contribution < 1.29 is 19.4 Å². The van der Waals surface area contributed by atoms with Gasteiger partial charge in [0.15, 0.2) is 16.3 Å². The summed E-state index contributed by atoms with van der Waals surface area (Å²) in [6.07, 6.45) is 1.75. The number of nitrogens with zero attached hydrogens (tertiary/aromatic N) is 2. The molecule has 0 aliphatic carbocycles. The zero-order chi connectivity index (χ0) is 24.4. The molecular formula is C25H23IN2O5S. The fraction of sp³-hybridized carbons (Fsp3) is 0.240. The summed E-state index contributed by atoms with van der Waals surface area (Å²) in [5.74, 6) is -0.0582. The smallest absolute Gasteiger partial charge is 0.338 e. The van der Waals surface area contributed by atoms with E-state index in [0.717, 1.165) is 5.56 Å². The lowest BCUT2D eigenvalue weighted by atomic mass is 9.96. The lowest BCUT2D eigenvalue weighted by Crippen LogP contribution is -2.39. The SMILES string of the molecule is CCOC(=O)C1=C(C)N=c2s/c(=C\c3cc(I)c(O)c(OCC)c3)c(=O)n2[C@@H]1c1ccccc1. The van der Waals surface area contributed by atoms with Crippen molar-refractivity contribution in [2.45, 2.75) is 26.8 Å². The number of hydrogen-bond donors (Lipinski definition) is 1. The van der Waals surface area contributed by atoms with Gasteiger partial charge in [0.2, 0.25) is 0 Å². The maximum absolute atomic E-state index is 13.6. The minimum atomic E-state index is -0.641. The van der Waals surface area contributed by atoms with Crippen molar-refractivity contribution in [3.63, 3.8) is 0 Å². The van der Waals surface area contributed by atoms with E-state index in [9.17, 15) is 14.7 Å². The average Bonchev–Trinajstić information content (AvgIpc) is 3.11. The van der Waals surface area contributed by atoms with Crippen LogP contribution in [-0.4, -0.2) is 28.9 Å². The van der Waals surface area contributed by atoms with E-state index in [2.05, 4.69) is 4.99 Å². The molecule has 3 aromatic rings. The Hall–Kier alpha value is -2.92. The minimum absolute atomic E-state index is 0.0693. The molecule has 2 aromatic carbocycles. The summed E-state index contributed by atoms with van der Waals surface area (Å²) in [5, 5.41) is 10.2. The number of fused-ring (bicyclic) bond motifs is 1. The number of thiazole rings is 1. The van der Waals surface area contributed by atoms with Gasteiger partial charge in [-0.1, -0.05) is 41.7 Å². The lowest BCUT2D eigenvalue weighted by molar-refractivity contribution is -0.139. The van der Waals surface area contributed by atoms with Crippen LogP contribution in [0.1, 0.15) is 37.9 Å². The van der Waals surface area contributed by atoms with Crippen molar-refractivity contribution in [3.8, 4) is 11.5 Å². The first-order valence-electron chi connectivity index (χ1n) is 10.8. The molecule has 0 saturated carbocycles. The molecular weight excluding hydrogens is 567 g/mol. The zero-order valence-corrected chi connectivity index (χ0v) is 21.8. The van der Waals surface area contributed by atoms with E-state index < -0.39 is 12.0 Å². The Morgan fingerprint density at radius 1 is 1.24 bits per heavy atom. The van der Waals surface area contributed by atoms with Crippen LogP contribution < -0.4 is 19.6 Å². The quantitative estimate of drug-likeness (QED) is 0.351. The number of phenolic OH excluding ortho intramolecular Hbond substituents is 1. The average molecular weight is 590 g/mol. The zero-order valence-electron chi connectivity index (χ0n) is 18.9. The minimum Gasteiger partial charge on any atom is -0.504 e. The van der Waals surface area contributed by atoms with E-state index in [-0.39, 0.29) is 17.9 Å². The third-order valence-electron chi connectivity index (χ3n) is 5.28. The number of carbonyl (C=O) groups is 1. The van der Waals surface area contributed by atoms with Gasteiger partial charge in [0.05, 0.1) is 38.6 Å². The summed E-state index contributed by atoms with van der Waals surface area (Å²) >= 11 is 3.28. The van der Waals surface area contributed by atoms with Crippen LogP contribution in [0.25, 0.3) is 6.08 Å². The van der Waals surface area contributed by atoms with Crippen LogP contribution in [0.2, 0.25) is 0 Å². The predicted octanol–water partition coefficient (Wildman–Crippen LogP) is 3.51. The molecule has 1 aliphatic rings. The molecule has 0 unspecified atom stereocenters. The Bertz CT molecular complexity index is 1460. The molecule has 7 nitrogen and oxygen atoms in total. The third kappa shape index (κ3) is 4.54. The van der Waals surface area contributed by atoms with E-state index in [0.29, 0.717) is 42.1 Å². The Morgan fingerprint density at radius 2 is 1.97 bits per heavy atom. The fourth-order valence-corrected chi connectivity index (χ4v) is 5.51. The summed E-state index contributed by atoms with van der Waals surface area (Å²) in [6.45, 7) is 5.97. The predicted molar refractivity (Wildman–Crippen MR) is 139 cm³/mol. The van der Waals surface area contributed by atoms with Crippen LogP contribution in [0.3, 0.4) is 0 Å². The highest BCUT2D eigenvalue weighted by molar-refractivity contribution is 14.1. The number of hydrogen-bond acceptors (Lipinski definition) is 7. The number of allylic oxidation sites excluding steroid dienone is 1. The molecule has 0 radical (unpaired) electrons. The summed E-state index contributed by atoms with van der Waals surface area (Å²) in [5.41, 5.74) is 2.13. The molecule has 176 valence electrons. The molecule has 0 bridgehead atoms. The molecule has 0 fully saturated rings. The standard InChI is InChI=1S/C25H23IN2O5S/c1-4-32-18-12-15(11-17(26)22(18)29)13-19-23(30)28-21(16-9-7-6-8-10-16)20(24(31)33-5-2)14(3)27-25(28)34-19/h6-13,21,29H,4-5H2,1-3H3/b19-13-/t21-/m1/s1. The first-order chi connectivity index (χ1) is 16.3. The van der Waals surface area contributed by atoms with Gasteiger partial charge in [0.25, 0.3) is 5.56 Å². The summed E-state index contributed by atoms with van der Waals surface area (Å²) in [7, 11) is 0. The molecule has 34 heavy (non-hydrogen) atoms. The normalized spacial score (nSPS) is 15.6. The van der Waals surface area contributed by atoms with Crippen molar-refractivity contribution >= 4 is 46.0 Å². The molecule has 0 amide bonds. The number of rotatable bonds is 6. The highest BCUT2D eigenvalue weighted by Crippen LogP contribution is 2.33. The first-order valence-corrected chi connectivity index (χ1v) is 12.6. The van der Waals surface area contributed by atoms with Crippen molar-refractivity contribution in [2.24, 2.45) is 4.99 Å². The van der Waals surface area contributed by atoms with E-state index >= 15 is 0 Å². The summed E-state index contributed by atoms with van der Waals surface area (Å²) in [4.78, 5) is 31.6. The molecule has 1 aromatic heterocycles. The molecule has 2 heterocycles. The Morgan fingerprint density at radius 3 is 2.65 bits per heavy atom. The van der Waals surface area contributed by atoms with E-state index in [1.54, 1.807) is 36.6 Å². The first kappa shape index (κ1) is 24.2. The number of esters is 1. The van der Waals surface area contributed by atoms with E-state index in [4.69, 9.17) is 9.47 Å². The Balaban J connectivity index is 1.93. The van der Waals surface area contributed by atoms with Crippen LogP contribution >= 0.6 is 33.9 Å². The monoisotopic (exact) mass is 590 g/mol. The van der Waals surface area contributed by atoms with Crippen LogP contribution in [0.4, 0.5) is 0 Å². The number of phenols is 1. The van der Waals surface area contributed by atoms with E-state index in [1.165, 1.54) is 11.3 Å². The Kier molecular flexibility index (Phi) is 7.22. The van der Waals surface area contributed by atoms with E-state index in [1.807, 2.05) is 59.8 Å². The van der Waals surface area contributed by atoms with Crippen molar-refractivity contribution in [1.29, 1.82) is 0 Å². The molecule has 0 spiro atoms. The number of benzene rings is 2. The summed E-state index contributed by atoms with van der Waals surface area (Å²) < 4.78 is 13.5. The molecule has 0 saturated heterocycles. The van der Waals surface area contributed by atoms with Crippen LogP contribution in [0.5, 0.6) is 11.5 Å². The number of carbonyl (C=O) groups excluding carboxylic acids is 1. The van der Waals surface area contributed by atoms with Gasteiger partial charge in [-0.25, -0.2) is 9.79 Å². The van der Waals surface area contributed by atoms with Crippen molar-refractivity contribution in [1.82, 2.24) is 4.57 Å². The van der Waals surface area contributed by atoms with Crippen LogP contribution in [-0.2, 0) is 9.53 Å². The maximum atomic E-state index is 13.6. The van der Waals surface area contributed by atoms with Crippen LogP contribution in [0.15, 0.2) is 63.5 Å². The topological polar surface area (TPSA) is 90.1 Å². The number of halogens is 1. The van der Waals surface area contributed by atoms with Gasteiger partial charge in [-0.3, -0.25) is 9.36 Å². The third-order valence-corrected chi connectivity index (χ3v) is 7.09. The number of aromatic hydroxyl groups is 1. The fourth-order valence-electron chi connectivity index (χ4n) is 3.84. The van der Waals surface area contributed by atoms with Gasteiger partial charge in [0.1, 0.15) is 0 Å². The van der Waals surface area contributed by atoms with Gasteiger partial charge in [-0.15, -0.1) is 0 Å². The highest BCUT2D eigenvalue weighted by atomic mass is 127. The molecule has 9 heteroatoms. The second kappa shape index (κ2) is 10.1. The van der Waals surface area contributed by atoms with Crippen LogP contribution in [0, 0.1) is 3.57 Å². The maximum Gasteiger partial charge on any atom is 0.338 e. The van der Waals surface area contributed by atoms with Gasteiger partial charge >= 0.3 is 5.97 Å². The van der Waals surface area contributed by atoms with Gasteiger partial charge in [-0.05, 0) is 72.7 Å². The van der Waals surface area contributed by atoms with Gasteiger partial charge in [0, 0.05) is 0 Å². The summed E-state index contributed by atoms with van der Waals surface area (Å²) in [6, 6.07) is 12.2. The van der Waals surface area contributed by atoms with Gasteiger partial charge in [-0.2, -0.15) is 0 Å². The number of ether oxygens (including phenoxy) is 2.